The number of phenolic OH excluding ortho intramolecular Hbond substituents is 1. The largest absolute Gasteiger partial charge is 0.507 e. The number of rotatable bonds is 6. The molecule has 0 heterocycles. The summed E-state index contributed by atoms with van der Waals surface area (Å²) in [5.74, 6) is -0.559. The number of aryl methyl sites for hydroxylation is 1. The fraction of sp³-hybridized carbons (Fsp3) is 0.176. The van der Waals surface area contributed by atoms with E-state index in [0.29, 0.717) is 0 Å². The highest BCUT2D eigenvalue weighted by atomic mass is 16.6. The van der Waals surface area contributed by atoms with E-state index < -0.39 is 11.0 Å². The number of benzene rings is 2. The zero-order valence-corrected chi connectivity index (χ0v) is 13.8. The lowest BCUT2D eigenvalue weighted by atomic mass is 10.2. The molecule has 0 aliphatic carbocycles. The number of nitrogens with zero attached hydrogens (tertiary/aromatic N) is 2. The van der Waals surface area contributed by atoms with Crippen molar-refractivity contribution in [3.05, 3.63) is 63.7 Å². The van der Waals surface area contributed by atoms with Crippen molar-refractivity contribution in [2.45, 2.75) is 19.9 Å². The van der Waals surface area contributed by atoms with Crippen LogP contribution in [0.2, 0.25) is 0 Å². The smallest absolute Gasteiger partial charge is 0.270 e. The molecule has 1 atom stereocenters. The Kier molecular flexibility index (Phi) is 5.67. The van der Waals surface area contributed by atoms with E-state index in [4.69, 9.17) is 0 Å². The molecule has 130 valence electrons. The highest BCUT2D eigenvalue weighted by Gasteiger charge is 2.12. The van der Waals surface area contributed by atoms with Crippen molar-refractivity contribution < 1.29 is 14.8 Å². The van der Waals surface area contributed by atoms with Crippen LogP contribution in [0, 0.1) is 17.0 Å². The minimum absolute atomic E-state index is 0.133. The Labute approximate surface area is 144 Å². The fourth-order valence-corrected chi connectivity index (χ4v) is 1.99. The molecule has 0 aliphatic heterocycles. The highest BCUT2D eigenvalue weighted by Crippen LogP contribution is 2.21. The number of phenols is 1. The molecule has 2 aromatic rings. The molecule has 3 N–H and O–H groups in total. The molecule has 8 nitrogen and oxygen atoms in total. The van der Waals surface area contributed by atoms with E-state index in [1.54, 1.807) is 6.92 Å². The molecule has 25 heavy (non-hydrogen) atoms. The number of carbonyl (C=O) groups is 1. The normalized spacial score (nSPS) is 11.9. The minimum atomic E-state index is -0.580. The second kappa shape index (κ2) is 7.91. The van der Waals surface area contributed by atoms with Crippen LogP contribution >= 0.6 is 0 Å². The number of aromatic hydroxyl groups is 1. The van der Waals surface area contributed by atoms with Crippen molar-refractivity contribution in [3.63, 3.8) is 0 Å². The Bertz CT molecular complexity index is 803. The number of non-ortho nitro benzene ring substituents is 1. The van der Waals surface area contributed by atoms with Gasteiger partial charge in [0.2, 0.25) is 0 Å². The zero-order chi connectivity index (χ0) is 18.4. The van der Waals surface area contributed by atoms with E-state index in [2.05, 4.69) is 15.8 Å². The van der Waals surface area contributed by atoms with E-state index in [1.807, 2.05) is 31.2 Å². The average molecular weight is 342 g/mol. The molecule has 0 fully saturated rings. The van der Waals surface area contributed by atoms with Gasteiger partial charge < -0.3 is 10.4 Å². The van der Waals surface area contributed by atoms with Crippen LogP contribution in [0.5, 0.6) is 5.75 Å². The standard InChI is InChI=1S/C17H18N4O4/c1-11-3-5-14(6-4-11)19-12(2)17(23)20-18-10-13-9-15(21(24)25)7-8-16(13)22/h3-10,12,19,22H,1-2H3,(H,20,23)/b18-10-/t12-/m1/s1. The minimum Gasteiger partial charge on any atom is -0.507 e. The van der Waals surface area contributed by atoms with Gasteiger partial charge in [0, 0.05) is 23.4 Å². The lowest BCUT2D eigenvalue weighted by Gasteiger charge is -2.13. The maximum atomic E-state index is 12.0. The van der Waals surface area contributed by atoms with Crippen molar-refractivity contribution in [2.24, 2.45) is 5.10 Å². The number of hydrogen-bond donors (Lipinski definition) is 3. The third-order valence-corrected chi connectivity index (χ3v) is 3.43. The highest BCUT2D eigenvalue weighted by molar-refractivity contribution is 5.88. The summed E-state index contributed by atoms with van der Waals surface area (Å²) in [6, 6.07) is 10.6. The summed E-state index contributed by atoms with van der Waals surface area (Å²) in [7, 11) is 0. The van der Waals surface area contributed by atoms with Crippen LogP contribution in [-0.4, -0.2) is 28.2 Å². The van der Waals surface area contributed by atoms with Gasteiger partial charge in [-0.05, 0) is 32.0 Å². The number of anilines is 1. The van der Waals surface area contributed by atoms with Crippen LogP contribution in [0.3, 0.4) is 0 Å². The van der Waals surface area contributed by atoms with E-state index in [-0.39, 0.29) is 22.9 Å². The lowest BCUT2D eigenvalue weighted by molar-refractivity contribution is -0.384. The van der Waals surface area contributed by atoms with Crippen LogP contribution in [0.25, 0.3) is 0 Å². The van der Waals surface area contributed by atoms with Gasteiger partial charge in [-0.3, -0.25) is 14.9 Å². The lowest BCUT2D eigenvalue weighted by Crippen LogP contribution is -2.34. The SMILES string of the molecule is Cc1ccc(N[C@H](C)C(=O)N/N=C\c2cc([N+](=O)[O-])ccc2O)cc1. The number of hydrazone groups is 1. The van der Waals surface area contributed by atoms with Gasteiger partial charge in [0.25, 0.3) is 11.6 Å². The van der Waals surface area contributed by atoms with Crippen molar-refractivity contribution in [1.29, 1.82) is 0 Å². The monoisotopic (exact) mass is 342 g/mol. The first-order valence-electron chi connectivity index (χ1n) is 7.50. The van der Waals surface area contributed by atoms with Gasteiger partial charge in [0.05, 0.1) is 11.1 Å². The van der Waals surface area contributed by atoms with Crippen molar-refractivity contribution >= 4 is 23.5 Å². The molecule has 0 aliphatic rings. The number of nitrogens with one attached hydrogen (secondary N) is 2. The molecule has 0 radical (unpaired) electrons. The quantitative estimate of drug-likeness (QED) is 0.424. The molecule has 1 amide bonds. The Morgan fingerprint density at radius 1 is 1.28 bits per heavy atom. The fourth-order valence-electron chi connectivity index (χ4n) is 1.99. The second-order valence-electron chi connectivity index (χ2n) is 5.47. The number of nitro benzene ring substituents is 1. The Balaban J connectivity index is 1.96. The van der Waals surface area contributed by atoms with Gasteiger partial charge in [0.15, 0.2) is 0 Å². The first-order valence-corrected chi connectivity index (χ1v) is 7.50. The molecular formula is C17H18N4O4. The zero-order valence-electron chi connectivity index (χ0n) is 13.8. The maximum absolute atomic E-state index is 12.0. The first kappa shape index (κ1) is 17.9. The molecule has 0 unspecified atom stereocenters. The van der Waals surface area contributed by atoms with E-state index in [9.17, 15) is 20.0 Å². The summed E-state index contributed by atoms with van der Waals surface area (Å²) in [6.45, 7) is 3.65. The van der Waals surface area contributed by atoms with Crippen molar-refractivity contribution in [1.82, 2.24) is 5.43 Å². The topological polar surface area (TPSA) is 117 Å². The van der Waals surface area contributed by atoms with Gasteiger partial charge >= 0.3 is 0 Å². The van der Waals surface area contributed by atoms with Gasteiger partial charge in [0.1, 0.15) is 11.8 Å². The molecule has 2 aromatic carbocycles. The van der Waals surface area contributed by atoms with Gasteiger partial charge in [-0.15, -0.1) is 0 Å². The van der Waals surface area contributed by atoms with E-state index >= 15 is 0 Å². The molecular weight excluding hydrogens is 324 g/mol. The van der Waals surface area contributed by atoms with Gasteiger partial charge in [-0.1, -0.05) is 17.7 Å². The molecule has 0 saturated carbocycles. The second-order valence-corrected chi connectivity index (χ2v) is 5.47. The maximum Gasteiger partial charge on any atom is 0.270 e. The Morgan fingerprint density at radius 2 is 1.96 bits per heavy atom. The number of nitro groups is 1. The van der Waals surface area contributed by atoms with Crippen molar-refractivity contribution in [2.75, 3.05) is 5.32 Å². The summed E-state index contributed by atoms with van der Waals surface area (Å²) >= 11 is 0. The summed E-state index contributed by atoms with van der Waals surface area (Å²) < 4.78 is 0. The van der Waals surface area contributed by atoms with Gasteiger partial charge in [-0.25, -0.2) is 5.43 Å². The predicted molar refractivity (Wildman–Crippen MR) is 94.8 cm³/mol. The molecule has 0 aromatic heterocycles. The molecule has 0 bridgehead atoms. The van der Waals surface area contributed by atoms with Crippen molar-refractivity contribution in [3.8, 4) is 5.75 Å². The molecule has 8 heteroatoms. The van der Waals surface area contributed by atoms with Crippen LogP contribution in [0.15, 0.2) is 47.6 Å². The number of amides is 1. The third kappa shape index (κ3) is 5.03. The number of hydrogen-bond acceptors (Lipinski definition) is 6. The average Bonchev–Trinajstić information content (AvgIpc) is 2.58. The van der Waals surface area contributed by atoms with E-state index in [1.165, 1.54) is 18.2 Å². The summed E-state index contributed by atoms with van der Waals surface area (Å²) in [6.07, 6.45) is 1.15. The molecule has 0 spiro atoms. The predicted octanol–water partition coefficient (Wildman–Crippen LogP) is 2.56. The van der Waals surface area contributed by atoms with E-state index in [0.717, 1.165) is 17.5 Å². The van der Waals surface area contributed by atoms with Crippen LogP contribution in [0.4, 0.5) is 11.4 Å². The summed E-state index contributed by atoms with van der Waals surface area (Å²) in [4.78, 5) is 22.2. The van der Waals surface area contributed by atoms with Crippen LogP contribution in [0.1, 0.15) is 18.1 Å². The summed E-state index contributed by atoms with van der Waals surface area (Å²) in [5, 5.41) is 27.2. The summed E-state index contributed by atoms with van der Waals surface area (Å²) in [5.41, 5.74) is 4.19. The molecule has 0 saturated heterocycles. The van der Waals surface area contributed by atoms with Gasteiger partial charge in [-0.2, -0.15) is 5.10 Å². The Morgan fingerprint density at radius 3 is 2.60 bits per heavy atom. The Hall–Kier alpha value is -3.42. The number of carbonyl (C=O) groups excluding carboxylic acids is 1. The van der Waals surface area contributed by atoms with Crippen LogP contribution in [-0.2, 0) is 4.79 Å². The van der Waals surface area contributed by atoms with Crippen LogP contribution < -0.4 is 10.7 Å². The third-order valence-electron chi connectivity index (χ3n) is 3.43. The first-order chi connectivity index (χ1) is 11.9. The molecule has 2 rings (SSSR count).